The standard InChI is InChI=1S/C10H12BrN3O3/c1-6(4-10(12)15)13-8-5-7(11)2-3-9(8)14(16)17/h2-3,5-6,13H,4H2,1H3,(H2,12,15). The van der Waals surface area contributed by atoms with E-state index in [2.05, 4.69) is 21.2 Å². The number of hydrogen-bond acceptors (Lipinski definition) is 4. The number of halogens is 1. The van der Waals surface area contributed by atoms with Crippen LogP contribution in [0.2, 0.25) is 0 Å². The van der Waals surface area contributed by atoms with E-state index in [0.29, 0.717) is 5.69 Å². The number of nitrogens with zero attached hydrogens (tertiary/aromatic N) is 1. The largest absolute Gasteiger partial charge is 0.376 e. The van der Waals surface area contributed by atoms with Gasteiger partial charge in [-0.3, -0.25) is 14.9 Å². The van der Waals surface area contributed by atoms with E-state index in [0.717, 1.165) is 4.47 Å². The lowest BCUT2D eigenvalue weighted by molar-refractivity contribution is -0.384. The summed E-state index contributed by atoms with van der Waals surface area (Å²) in [7, 11) is 0. The topological polar surface area (TPSA) is 98.3 Å². The van der Waals surface area contributed by atoms with Gasteiger partial charge in [-0.15, -0.1) is 0 Å². The average Bonchev–Trinajstić information content (AvgIpc) is 2.15. The molecule has 0 aliphatic rings. The first-order valence-electron chi connectivity index (χ1n) is 4.89. The van der Waals surface area contributed by atoms with Crippen LogP contribution in [0.25, 0.3) is 0 Å². The van der Waals surface area contributed by atoms with Gasteiger partial charge in [0.25, 0.3) is 5.69 Å². The Morgan fingerprint density at radius 1 is 1.65 bits per heavy atom. The van der Waals surface area contributed by atoms with E-state index in [1.165, 1.54) is 6.07 Å². The van der Waals surface area contributed by atoms with Gasteiger partial charge in [0.15, 0.2) is 0 Å². The number of benzene rings is 1. The summed E-state index contributed by atoms with van der Waals surface area (Å²) < 4.78 is 0.719. The van der Waals surface area contributed by atoms with Crippen molar-refractivity contribution in [1.82, 2.24) is 0 Å². The Morgan fingerprint density at radius 3 is 2.82 bits per heavy atom. The fourth-order valence-corrected chi connectivity index (χ4v) is 1.76. The van der Waals surface area contributed by atoms with E-state index in [4.69, 9.17) is 5.73 Å². The first-order chi connectivity index (χ1) is 7.90. The maximum atomic E-state index is 10.8. The third-order valence-corrected chi connectivity index (χ3v) is 2.56. The summed E-state index contributed by atoms with van der Waals surface area (Å²) in [4.78, 5) is 21.0. The molecule has 6 nitrogen and oxygen atoms in total. The molecule has 0 aliphatic heterocycles. The first-order valence-corrected chi connectivity index (χ1v) is 5.68. The lowest BCUT2D eigenvalue weighted by Gasteiger charge is -2.13. The minimum Gasteiger partial charge on any atom is -0.376 e. The Labute approximate surface area is 106 Å². The van der Waals surface area contributed by atoms with Crippen LogP contribution in [0.4, 0.5) is 11.4 Å². The summed E-state index contributed by atoms with van der Waals surface area (Å²) >= 11 is 3.23. The second-order valence-corrected chi connectivity index (χ2v) is 4.55. The summed E-state index contributed by atoms with van der Waals surface area (Å²) in [6, 6.07) is 4.31. The number of primary amides is 1. The fraction of sp³-hybridized carbons (Fsp3) is 0.300. The number of anilines is 1. The van der Waals surface area contributed by atoms with Crippen LogP contribution in [0.15, 0.2) is 22.7 Å². The molecule has 1 aromatic carbocycles. The van der Waals surface area contributed by atoms with Gasteiger partial charge in [-0.1, -0.05) is 15.9 Å². The van der Waals surface area contributed by atoms with Crippen LogP contribution >= 0.6 is 15.9 Å². The molecule has 1 rings (SSSR count). The van der Waals surface area contributed by atoms with Gasteiger partial charge in [-0.05, 0) is 19.1 Å². The maximum absolute atomic E-state index is 10.8. The van der Waals surface area contributed by atoms with Gasteiger partial charge in [0.2, 0.25) is 5.91 Å². The van der Waals surface area contributed by atoms with Crippen molar-refractivity contribution in [3.63, 3.8) is 0 Å². The molecule has 0 saturated carbocycles. The molecule has 1 unspecified atom stereocenters. The minimum atomic E-state index is -0.480. The van der Waals surface area contributed by atoms with Gasteiger partial charge in [0.05, 0.1) is 4.92 Å². The molecular weight excluding hydrogens is 290 g/mol. The molecule has 3 N–H and O–H groups in total. The first kappa shape index (κ1) is 13.4. The smallest absolute Gasteiger partial charge is 0.292 e. The number of amides is 1. The summed E-state index contributed by atoms with van der Waals surface area (Å²) in [5.74, 6) is -0.456. The predicted molar refractivity (Wildman–Crippen MR) is 67.7 cm³/mol. The summed E-state index contributed by atoms with van der Waals surface area (Å²) in [6.07, 6.45) is 0.115. The van der Waals surface area contributed by atoms with Gasteiger partial charge in [0, 0.05) is 23.0 Å². The maximum Gasteiger partial charge on any atom is 0.292 e. The van der Waals surface area contributed by atoms with Crippen LogP contribution in [0.5, 0.6) is 0 Å². The lowest BCUT2D eigenvalue weighted by atomic mass is 10.2. The molecule has 0 fully saturated rings. The van der Waals surface area contributed by atoms with Crippen molar-refractivity contribution < 1.29 is 9.72 Å². The lowest BCUT2D eigenvalue weighted by Crippen LogP contribution is -2.24. The zero-order chi connectivity index (χ0) is 13.0. The van der Waals surface area contributed by atoms with Crippen molar-refractivity contribution in [1.29, 1.82) is 0 Å². The predicted octanol–water partition coefficient (Wildman–Crippen LogP) is 2.03. The van der Waals surface area contributed by atoms with Gasteiger partial charge >= 0.3 is 0 Å². The van der Waals surface area contributed by atoms with E-state index >= 15 is 0 Å². The number of nitro benzene ring substituents is 1. The number of rotatable bonds is 5. The Hall–Kier alpha value is -1.63. The molecule has 0 aromatic heterocycles. The van der Waals surface area contributed by atoms with E-state index in [1.54, 1.807) is 19.1 Å². The molecule has 1 aromatic rings. The quantitative estimate of drug-likeness (QED) is 0.642. The van der Waals surface area contributed by atoms with Crippen molar-refractivity contribution in [3.8, 4) is 0 Å². The van der Waals surface area contributed by atoms with Gasteiger partial charge < -0.3 is 11.1 Å². The molecule has 17 heavy (non-hydrogen) atoms. The van der Waals surface area contributed by atoms with Crippen molar-refractivity contribution in [2.24, 2.45) is 5.73 Å². The zero-order valence-corrected chi connectivity index (χ0v) is 10.7. The number of nitro groups is 1. The highest BCUT2D eigenvalue weighted by molar-refractivity contribution is 9.10. The van der Waals surface area contributed by atoms with Crippen LogP contribution < -0.4 is 11.1 Å². The van der Waals surface area contributed by atoms with Crippen LogP contribution in [0.3, 0.4) is 0 Å². The number of nitrogens with one attached hydrogen (secondary N) is 1. The van der Waals surface area contributed by atoms with Crippen molar-refractivity contribution in [2.45, 2.75) is 19.4 Å². The Bertz CT molecular complexity index is 450. The number of nitrogens with two attached hydrogens (primary N) is 1. The highest BCUT2D eigenvalue weighted by Gasteiger charge is 2.16. The number of carbonyl (C=O) groups excluding carboxylic acids is 1. The molecule has 0 aliphatic carbocycles. The SMILES string of the molecule is CC(CC(N)=O)Nc1cc(Br)ccc1[N+](=O)[O-]. The van der Waals surface area contributed by atoms with Gasteiger partial charge in [0.1, 0.15) is 5.69 Å². The second-order valence-electron chi connectivity index (χ2n) is 3.63. The molecule has 0 bridgehead atoms. The van der Waals surface area contributed by atoms with E-state index in [-0.39, 0.29) is 18.2 Å². The summed E-state index contributed by atoms with van der Waals surface area (Å²) in [6.45, 7) is 1.73. The van der Waals surface area contributed by atoms with Crippen LogP contribution in [-0.2, 0) is 4.79 Å². The monoisotopic (exact) mass is 301 g/mol. The fourth-order valence-electron chi connectivity index (χ4n) is 1.40. The number of carbonyl (C=O) groups is 1. The van der Waals surface area contributed by atoms with E-state index in [1.807, 2.05) is 0 Å². The molecular formula is C10H12BrN3O3. The zero-order valence-electron chi connectivity index (χ0n) is 9.14. The normalized spacial score (nSPS) is 11.9. The summed E-state index contributed by atoms with van der Waals surface area (Å²) in [5.41, 5.74) is 5.37. The van der Waals surface area contributed by atoms with Crippen molar-refractivity contribution >= 4 is 33.2 Å². The van der Waals surface area contributed by atoms with Gasteiger partial charge in [-0.25, -0.2) is 0 Å². The third-order valence-electron chi connectivity index (χ3n) is 2.06. The average molecular weight is 302 g/mol. The highest BCUT2D eigenvalue weighted by atomic mass is 79.9. The number of hydrogen-bond donors (Lipinski definition) is 2. The Kier molecular flexibility index (Phi) is 4.45. The Balaban J connectivity index is 2.92. The van der Waals surface area contributed by atoms with Crippen LogP contribution in [-0.4, -0.2) is 16.9 Å². The molecule has 0 spiro atoms. The molecule has 0 heterocycles. The van der Waals surface area contributed by atoms with Crippen LogP contribution in [0, 0.1) is 10.1 Å². The molecule has 0 saturated heterocycles. The summed E-state index contributed by atoms with van der Waals surface area (Å²) in [5, 5.41) is 13.7. The molecule has 7 heteroatoms. The molecule has 1 amide bonds. The minimum absolute atomic E-state index is 0.0375. The van der Waals surface area contributed by atoms with Crippen molar-refractivity contribution in [3.05, 3.63) is 32.8 Å². The third kappa shape index (κ3) is 4.03. The molecule has 0 radical (unpaired) electrons. The second kappa shape index (κ2) is 5.62. The molecule has 92 valence electrons. The van der Waals surface area contributed by atoms with Crippen molar-refractivity contribution in [2.75, 3.05) is 5.32 Å². The highest BCUT2D eigenvalue weighted by Crippen LogP contribution is 2.28. The Morgan fingerprint density at radius 2 is 2.29 bits per heavy atom. The molecule has 1 atom stereocenters. The van der Waals surface area contributed by atoms with Crippen LogP contribution in [0.1, 0.15) is 13.3 Å². The van der Waals surface area contributed by atoms with E-state index in [9.17, 15) is 14.9 Å². The van der Waals surface area contributed by atoms with Gasteiger partial charge in [-0.2, -0.15) is 0 Å². The van der Waals surface area contributed by atoms with E-state index < -0.39 is 10.8 Å².